The Kier molecular flexibility index (Phi) is 18.3. The van der Waals surface area contributed by atoms with E-state index in [0.717, 1.165) is 41.8 Å². The minimum absolute atomic E-state index is 0.0288. The lowest BCUT2D eigenvalue weighted by atomic mass is 9.87. The Bertz CT molecular complexity index is 2040. The molecule has 0 radical (unpaired) electrons. The van der Waals surface area contributed by atoms with E-state index in [-0.39, 0.29) is 46.1 Å². The summed E-state index contributed by atoms with van der Waals surface area (Å²) in [6, 6.07) is 14.3. The molecule has 2 aromatic carbocycles. The quantitative estimate of drug-likeness (QED) is 0.0744. The number of fused-ring (bicyclic) bond motifs is 5. The number of unbranched alkanes of at least 4 members (excludes halogenated alkanes) is 2. The molecule has 63 heavy (non-hydrogen) atoms. The molecule has 1 fully saturated rings. The van der Waals surface area contributed by atoms with Crippen LogP contribution in [-0.2, 0) is 74.8 Å². The molecule has 2 heterocycles. The van der Waals surface area contributed by atoms with Gasteiger partial charge in [0, 0.05) is 63.8 Å². The van der Waals surface area contributed by atoms with Gasteiger partial charge in [0.2, 0.25) is 5.91 Å². The first-order valence-electron chi connectivity index (χ1n) is 20.8. The van der Waals surface area contributed by atoms with Gasteiger partial charge in [0.05, 0.1) is 45.3 Å². The number of carbonyl (C=O) groups is 6. The van der Waals surface area contributed by atoms with E-state index < -0.39 is 72.6 Å². The van der Waals surface area contributed by atoms with Crippen molar-refractivity contribution in [3.8, 4) is 22.5 Å². The van der Waals surface area contributed by atoms with Crippen molar-refractivity contribution in [3.63, 3.8) is 0 Å². The van der Waals surface area contributed by atoms with Crippen molar-refractivity contribution in [1.82, 2.24) is 25.6 Å². The number of ether oxygens (including phenoxy) is 8. The van der Waals surface area contributed by atoms with Crippen LogP contribution in [0, 0.1) is 0 Å². The van der Waals surface area contributed by atoms with Crippen LogP contribution in [0.3, 0.4) is 0 Å². The molecule has 2 amide bonds. The molecule has 0 bridgehead atoms. The molecule has 0 saturated carbocycles. The molecular weight excluding hydrogens is 826 g/mol. The average Bonchev–Trinajstić information content (AvgIpc) is 3.64. The molecule has 3 unspecified atom stereocenters. The lowest BCUT2D eigenvalue weighted by molar-refractivity contribution is -0.279. The number of benzene rings is 2. The number of rotatable bonds is 22. The van der Waals surface area contributed by atoms with Gasteiger partial charge in [0.25, 0.3) is 0 Å². The molecule has 1 aliphatic heterocycles. The Morgan fingerprint density at radius 1 is 0.794 bits per heavy atom. The summed E-state index contributed by atoms with van der Waals surface area (Å²) in [7, 11) is 0. The van der Waals surface area contributed by atoms with Crippen molar-refractivity contribution in [2.75, 3.05) is 46.2 Å². The first kappa shape index (κ1) is 48.1. The zero-order valence-corrected chi connectivity index (χ0v) is 35.8. The number of amides is 2. The SMILES string of the molecule is CC(=O)N[C@H]1C(OC(C)=O)[C@@H](OC(C)=O)C(COC(C)=O)O[C@H]1OCCOCCOCCn1nnc2c1-c1ccccc1C(OC(=O)NCCCCCC(=O)O)Cc1ccccc1-2. The van der Waals surface area contributed by atoms with Gasteiger partial charge >= 0.3 is 30.0 Å². The number of esters is 3. The topological polar surface area (TPSA) is 251 Å². The fourth-order valence-corrected chi connectivity index (χ4v) is 7.32. The molecule has 5 rings (SSSR count). The number of nitrogens with zero attached hydrogens (tertiary/aromatic N) is 3. The van der Waals surface area contributed by atoms with E-state index in [9.17, 15) is 28.8 Å². The van der Waals surface area contributed by atoms with Gasteiger partial charge in [0.15, 0.2) is 18.5 Å². The van der Waals surface area contributed by atoms with E-state index in [0.29, 0.717) is 44.5 Å². The number of carbonyl (C=O) groups excluding carboxylic acids is 5. The van der Waals surface area contributed by atoms with E-state index in [1.165, 1.54) is 13.8 Å². The average molecular weight is 882 g/mol. The van der Waals surface area contributed by atoms with Gasteiger partial charge in [-0.15, -0.1) is 5.10 Å². The maximum atomic E-state index is 13.0. The number of carboxylic acids is 1. The zero-order valence-electron chi connectivity index (χ0n) is 35.8. The summed E-state index contributed by atoms with van der Waals surface area (Å²) in [5.41, 5.74) is 4.83. The molecule has 3 aromatic rings. The van der Waals surface area contributed by atoms with E-state index in [1.807, 2.05) is 48.5 Å². The number of aliphatic carboxylic acids is 1. The fourth-order valence-electron chi connectivity index (χ4n) is 7.32. The number of alkyl carbamates (subject to hydrolysis) is 1. The smallest absolute Gasteiger partial charge is 0.407 e. The van der Waals surface area contributed by atoms with Crippen LogP contribution in [0.4, 0.5) is 4.79 Å². The second-order valence-corrected chi connectivity index (χ2v) is 14.8. The Balaban J connectivity index is 1.16. The molecule has 1 saturated heterocycles. The molecule has 1 aromatic heterocycles. The monoisotopic (exact) mass is 881 g/mol. The van der Waals surface area contributed by atoms with Crippen molar-refractivity contribution in [1.29, 1.82) is 0 Å². The van der Waals surface area contributed by atoms with Crippen molar-refractivity contribution in [2.24, 2.45) is 0 Å². The Morgan fingerprint density at radius 2 is 1.48 bits per heavy atom. The van der Waals surface area contributed by atoms with Gasteiger partial charge in [-0.3, -0.25) is 24.0 Å². The van der Waals surface area contributed by atoms with Crippen LogP contribution in [0.1, 0.15) is 70.6 Å². The van der Waals surface area contributed by atoms with Crippen molar-refractivity contribution >= 4 is 35.9 Å². The lowest BCUT2D eigenvalue weighted by Crippen LogP contribution is -2.66. The third-order valence-corrected chi connectivity index (χ3v) is 9.96. The van der Waals surface area contributed by atoms with Gasteiger partial charge in [0.1, 0.15) is 30.6 Å². The highest BCUT2D eigenvalue weighted by atomic mass is 16.7. The fraction of sp³-hybridized carbons (Fsp3) is 0.535. The highest BCUT2D eigenvalue weighted by Crippen LogP contribution is 2.41. The molecule has 0 spiro atoms. The largest absolute Gasteiger partial charge is 0.481 e. The molecule has 20 heteroatoms. The van der Waals surface area contributed by atoms with Crippen LogP contribution >= 0.6 is 0 Å². The normalized spacial score (nSPS) is 20.1. The van der Waals surface area contributed by atoms with Gasteiger partial charge in [-0.2, -0.15) is 0 Å². The van der Waals surface area contributed by atoms with Crippen molar-refractivity contribution in [3.05, 3.63) is 59.7 Å². The van der Waals surface area contributed by atoms with E-state index >= 15 is 0 Å². The summed E-state index contributed by atoms with van der Waals surface area (Å²) in [6.45, 7) is 5.84. The van der Waals surface area contributed by atoms with Crippen LogP contribution in [0.5, 0.6) is 0 Å². The summed E-state index contributed by atoms with van der Waals surface area (Å²) in [5.74, 6) is -3.38. The third-order valence-electron chi connectivity index (χ3n) is 9.96. The first-order valence-corrected chi connectivity index (χ1v) is 20.8. The van der Waals surface area contributed by atoms with Gasteiger partial charge < -0.3 is 53.6 Å². The lowest BCUT2D eigenvalue weighted by Gasteiger charge is -2.44. The Hall–Kier alpha value is -5.96. The molecule has 342 valence electrons. The molecule has 20 nitrogen and oxygen atoms in total. The Morgan fingerprint density at radius 3 is 2.19 bits per heavy atom. The predicted molar refractivity (Wildman–Crippen MR) is 220 cm³/mol. The van der Waals surface area contributed by atoms with Crippen LogP contribution in [0.2, 0.25) is 0 Å². The number of carboxylic acid groups (broad SMARTS) is 1. The summed E-state index contributed by atoms with van der Waals surface area (Å²) >= 11 is 0. The molecule has 6 atom stereocenters. The van der Waals surface area contributed by atoms with Gasteiger partial charge in [-0.25, -0.2) is 9.48 Å². The highest BCUT2D eigenvalue weighted by molar-refractivity contribution is 5.83. The predicted octanol–water partition coefficient (Wildman–Crippen LogP) is 3.29. The van der Waals surface area contributed by atoms with E-state index in [1.54, 1.807) is 4.68 Å². The van der Waals surface area contributed by atoms with Gasteiger partial charge in [-0.1, -0.05) is 60.2 Å². The summed E-state index contributed by atoms with van der Waals surface area (Å²) in [6.07, 6.45) is -3.64. The minimum Gasteiger partial charge on any atom is -0.481 e. The van der Waals surface area contributed by atoms with E-state index in [2.05, 4.69) is 20.9 Å². The number of hydrogen-bond acceptors (Lipinski definition) is 16. The van der Waals surface area contributed by atoms with Crippen LogP contribution in [-0.4, -0.2) is 133 Å². The maximum Gasteiger partial charge on any atom is 0.407 e. The van der Waals surface area contributed by atoms with Crippen molar-refractivity contribution < 1.29 is 71.8 Å². The number of nitrogens with one attached hydrogen (secondary N) is 2. The minimum atomic E-state index is -1.24. The summed E-state index contributed by atoms with van der Waals surface area (Å²) in [5, 5.41) is 23.4. The maximum absolute atomic E-state index is 13.0. The standard InChI is InChI=1S/C43H55N5O15/c1-26(49)45-38-41(61-29(4)52)40(60-28(3)51)35(25-59-27(2)50)62-42(38)58-23-22-57-21-20-56-19-18-48-39-33-15-10-9-14-32(33)34(63-43(55)44-17-11-5-6-16-36(53)54)24-30-12-7-8-13-31(30)37(39)46-47-48/h7-10,12-15,34-35,38,40-42H,5-6,11,16-25H2,1-4H3,(H,44,55)(H,45,49)(H,53,54)/t34?,35?,38-,40-,41?,42+/m0/s1. The molecule has 3 N–H and O–H groups in total. The second-order valence-electron chi connectivity index (χ2n) is 14.8. The molecular formula is C43H55N5O15. The van der Waals surface area contributed by atoms with Crippen LogP contribution in [0.25, 0.3) is 22.5 Å². The second kappa shape index (κ2) is 24.0. The molecule has 2 aliphatic rings. The van der Waals surface area contributed by atoms with Crippen LogP contribution < -0.4 is 10.6 Å². The third kappa shape index (κ3) is 14.3. The first-order chi connectivity index (χ1) is 30.3. The van der Waals surface area contributed by atoms with Crippen molar-refractivity contribution in [2.45, 2.75) is 103 Å². The molecule has 1 aliphatic carbocycles. The number of hydrogen-bond donors (Lipinski definition) is 3. The zero-order chi connectivity index (χ0) is 45.3. The Labute approximate surface area is 364 Å². The number of aromatic nitrogens is 3. The van der Waals surface area contributed by atoms with Crippen LogP contribution in [0.15, 0.2) is 48.5 Å². The summed E-state index contributed by atoms with van der Waals surface area (Å²) < 4.78 is 47.4. The summed E-state index contributed by atoms with van der Waals surface area (Å²) in [4.78, 5) is 71.7. The van der Waals surface area contributed by atoms with E-state index in [4.69, 9.17) is 43.0 Å². The highest BCUT2D eigenvalue weighted by Gasteiger charge is 2.51. The van der Waals surface area contributed by atoms with Gasteiger partial charge in [-0.05, 0) is 18.4 Å².